The lowest BCUT2D eigenvalue weighted by Crippen LogP contribution is -2.50. The number of likely N-dealkylation sites (tertiary alicyclic amines) is 1. The van der Waals surface area contributed by atoms with Crippen LogP contribution >= 0.6 is 0 Å². The van der Waals surface area contributed by atoms with Crippen LogP contribution in [0.5, 0.6) is 0 Å². The van der Waals surface area contributed by atoms with E-state index in [9.17, 15) is 4.79 Å². The number of hydrogen-bond acceptors (Lipinski definition) is 6. The fourth-order valence-corrected chi connectivity index (χ4v) is 5.63. The van der Waals surface area contributed by atoms with Crippen LogP contribution in [-0.2, 0) is 14.5 Å². The zero-order chi connectivity index (χ0) is 22.5. The van der Waals surface area contributed by atoms with Crippen LogP contribution in [0.25, 0.3) is 0 Å². The summed E-state index contributed by atoms with van der Waals surface area (Å²) in [4.78, 5) is 27.9. The predicted molar refractivity (Wildman–Crippen MR) is 126 cm³/mol. The summed E-state index contributed by atoms with van der Waals surface area (Å²) in [6, 6.07) is 8.85. The van der Waals surface area contributed by atoms with Crippen molar-refractivity contribution in [3.8, 4) is 0 Å². The highest BCUT2D eigenvalue weighted by atomic mass is 16.6. The average molecular weight is 443 g/mol. The second kappa shape index (κ2) is 10.8. The minimum Gasteiger partial charge on any atom is -0.395 e. The summed E-state index contributed by atoms with van der Waals surface area (Å²) < 4.78 is 0. The molecule has 1 aromatic carbocycles. The Bertz CT molecular complexity index is 796. The van der Waals surface area contributed by atoms with Gasteiger partial charge >= 0.3 is 0 Å². The van der Waals surface area contributed by atoms with Gasteiger partial charge in [-0.25, -0.2) is 5.90 Å². The molecule has 7 nitrogen and oxygen atoms in total. The molecule has 1 amide bonds. The van der Waals surface area contributed by atoms with E-state index in [1.54, 1.807) is 0 Å². The molecule has 4 rings (SSSR count). The number of hydrogen-bond donors (Lipinski definition) is 1. The van der Waals surface area contributed by atoms with Gasteiger partial charge in [0.25, 0.3) is 5.91 Å². The number of fused-ring (bicyclic) bond motifs is 1. The molecule has 176 valence electrons. The lowest BCUT2D eigenvalue weighted by atomic mass is 9.79. The van der Waals surface area contributed by atoms with E-state index >= 15 is 0 Å². The van der Waals surface area contributed by atoms with Crippen LogP contribution in [-0.4, -0.2) is 54.9 Å². The van der Waals surface area contributed by atoms with E-state index in [0.29, 0.717) is 25.3 Å². The van der Waals surface area contributed by atoms with E-state index < -0.39 is 0 Å². The molecule has 2 aliphatic heterocycles. The van der Waals surface area contributed by atoms with Crippen LogP contribution in [0.1, 0.15) is 64.4 Å². The van der Waals surface area contributed by atoms with Gasteiger partial charge in [0.15, 0.2) is 5.71 Å². The van der Waals surface area contributed by atoms with Crippen LogP contribution in [0.15, 0.2) is 29.4 Å². The van der Waals surface area contributed by atoms with Crippen LogP contribution < -0.4 is 10.8 Å². The van der Waals surface area contributed by atoms with E-state index in [1.807, 2.05) is 29.2 Å². The molecule has 0 aromatic heterocycles. The van der Waals surface area contributed by atoms with E-state index in [4.69, 9.17) is 10.7 Å². The van der Waals surface area contributed by atoms with E-state index in [2.05, 4.69) is 28.7 Å². The molecule has 0 bridgehead atoms. The Labute approximate surface area is 191 Å². The van der Waals surface area contributed by atoms with E-state index in [1.165, 1.54) is 25.7 Å². The van der Waals surface area contributed by atoms with Gasteiger partial charge < -0.3 is 19.5 Å². The van der Waals surface area contributed by atoms with Crippen molar-refractivity contribution in [2.45, 2.75) is 70.9 Å². The van der Waals surface area contributed by atoms with Gasteiger partial charge in [-0.2, -0.15) is 0 Å². The molecule has 0 unspecified atom stereocenters. The topological polar surface area (TPSA) is 80.4 Å². The number of amides is 1. The maximum Gasteiger partial charge on any atom is 0.281 e. The first-order chi connectivity index (χ1) is 15.6. The zero-order valence-corrected chi connectivity index (χ0v) is 19.5. The summed E-state index contributed by atoms with van der Waals surface area (Å²) in [6.45, 7) is 7.62. The van der Waals surface area contributed by atoms with Gasteiger partial charge in [0.2, 0.25) is 0 Å². The summed E-state index contributed by atoms with van der Waals surface area (Å²) in [5.74, 6) is 6.69. The fourth-order valence-electron chi connectivity index (χ4n) is 5.63. The van der Waals surface area contributed by atoms with Crippen molar-refractivity contribution in [2.24, 2.45) is 22.9 Å². The number of anilines is 1. The number of para-hydroxylation sites is 1. The highest BCUT2D eigenvalue weighted by Gasteiger charge is 2.40. The summed E-state index contributed by atoms with van der Waals surface area (Å²) in [6.07, 6.45) is 8.00. The van der Waals surface area contributed by atoms with Crippen LogP contribution in [0.4, 0.5) is 5.69 Å². The Balaban J connectivity index is 1.37. The summed E-state index contributed by atoms with van der Waals surface area (Å²) in [7, 11) is 0. The monoisotopic (exact) mass is 442 g/mol. The molecule has 0 radical (unpaired) electrons. The Morgan fingerprint density at radius 1 is 1.03 bits per heavy atom. The van der Waals surface area contributed by atoms with Crippen molar-refractivity contribution in [1.82, 2.24) is 4.90 Å². The van der Waals surface area contributed by atoms with E-state index in [0.717, 1.165) is 55.1 Å². The van der Waals surface area contributed by atoms with Gasteiger partial charge in [-0.05, 0) is 56.4 Å². The van der Waals surface area contributed by atoms with Crippen molar-refractivity contribution in [3.05, 3.63) is 29.8 Å². The Morgan fingerprint density at radius 2 is 1.75 bits per heavy atom. The molecule has 1 saturated carbocycles. The highest BCUT2D eigenvalue weighted by molar-refractivity contribution is 6.54. The SMILES string of the molecule is CC(C)C1CCC(N2CCC(N3C(=O)C(=NOCCCON)c4ccccc43)CC2)CC1. The van der Waals surface area contributed by atoms with Crippen LogP contribution in [0, 0.1) is 11.8 Å². The molecule has 1 saturated heterocycles. The number of nitrogens with zero attached hydrogens (tertiary/aromatic N) is 3. The number of benzene rings is 1. The fraction of sp³-hybridized carbons (Fsp3) is 0.680. The highest BCUT2D eigenvalue weighted by Crippen LogP contribution is 2.36. The molecule has 2 heterocycles. The number of carbonyl (C=O) groups is 1. The molecule has 3 aliphatic rings. The van der Waals surface area contributed by atoms with Crippen molar-refractivity contribution in [1.29, 1.82) is 0 Å². The molecule has 1 aromatic rings. The smallest absolute Gasteiger partial charge is 0.281 e. The summed E-state index contributed by atoms with van der Waals surface area (Å²) in [5, 5.41) is 4.19. The molecular formula is C25H38N4O3. The van der Waals surface area contributed by atoms with Crippen LogP contribution in [0.2, 0.25) is 0 Å². The predicted octanol–water partition coefficient (Wildman–Crippen LogP) is 3.71. The Kier molecular flexibility index (Phi) is 7.81. The maximum atomic E-state index is 13.3. The van der Waals surface area contributed by atoms with Crippen molar-refractivity contribution in [3.63, 3.8) is 0 Å². The van der Waals surface area contributed by atoms with Gasteiger partial charge in [0.1, 0.15) is 6.61 Å². The van der Waals surface area contributed by atoms with Crippen LogP contribution in [0.3, 0.4) is 0 Å². The lowest BCUT2D eigenvalue weighted by Gasteiger charge is -2.43. The average Bonchev–Trinajstić information content (AvgIpc) is 3.10. The molecule has 2 N–H and O–H groups in total. The van der Waals surface area contributed by atoms with Gasteiger partial charge in [0, 0.05) is 37.2 Å². The first kappa shape index (κ1) is 23.2. The second-order valence-electron chi connectivity index (χ2n) is 9.77. The quantitative estimate of drug-likeness (QED) is 0.490. The third-order valence-electron chi connectivity index (χ3n) is 7.56. The maximum absolute atomic E-state index is 13.3. The van der Waals surface area contributed by atoms with Gasteiger partial charge in [-0.15, -0.1) is 0 Å². The standard InChI is InChI=1S/C25H38N4O3/c1-18(2)19-8-10-20(11-9-19)28-14-12-21(13-15-28)29-23-7-4-3-6-22(23)24(25(29)30)27-32-17-5-16-31-26/h3-4,6-7,18-21H,5,8-17,26H2,1-2H3. The normalized spacial score (nSPS) is 26.2. The zero-order valence-electron chi connectivity index (χ0n) is 19.5. The summed E-state index contributed by atoms with van der Waals surface area (Å²) >= 11 is 0. The number of carbonyl (C=O) groups excluding carboxylic acids is 1. The van der Waals surface area contributed by atoms with Gasteiger partial charge in [-0.1, -0.05) is 37.2 Å². The summed E-state index contributed by atoms with van der Waals surface area (Å²) in [5.41, 5.74) is 2.23. The third kappa shape index (κ3) is 5.00. The molecule has 7 heteroatoms. The Hall–Kier alpha value is -1.96. The molecule has 0 atom stereocenters. The number of nitrogens with two attached hydrogens (primary N) is 1. The molecule has 32 heavy (non-hydrogen) atoms. The van der Waals surface area contributed by atoms with Crippen molar-refractivity contribution < 1.29 is 14.5 Å². The Morgan fingerprint density at radius 3 is 2.44 bits per heavy atom. The second-order valence-corrected chi connectivity index (χ2v) is 9.77. The molecular weight excluding hydrogens is 404 g/mol. The molecule has 0 spiro atoms. The number of oxime groups is 1. The molecule has 1 aliphatic carbocycles. The minimum atomic E-state index is -0.0443. The van der Waals surface area contributed by atoms with Gasteiger partial charge in [-0.3, -0.25) is 4.79 Å². The number of rotatable bonds is 8. The largest absolute Gasteiger partial charge is 0.395 e. The van der Waals surface area contributed by atoms with Gasteiger partial charge in [0.05, 0.1) is 12.3 Å². The van der Waals surface area contributed by atoms with Crippen molar-refractivity contribution >= 4 is 17.3 Å². The molecule has 2 fully saturated rings. The first-order valence-electron chi connectivity index (χ1n) is 12.3. The van der Waals surface area contributed by atoms with Crippen molar-refractivity contribution in [2.75, 3.05) is 31.2 Å². The number of piperidine rings is 1. The third-order valence-corrected chi connectivity index (χ3v) is 7.56. The minimum absolute atomic E-state index is 0.0443. The first-order valence-corrected chi connectivity index (χ1v) is 12.3. The van der Waals surface area contributed by atoms with E-state index in [-0.39, 0.29) is 11.9 Å². The lowest BCUT2D eigenvalue weighted by molar-refractivity contribution is -0.113.